The molecule has 0 N–H and O–H groups in total. The number of piperazine rings is 1. The Kier molecular flexibility index (Phi) is 4.98. The molecular formula is C18H21N3OS. The molecule has 1 amide bonds. The topological polar surface area (TPSA) is 36.4 Å². The van der Waals surface area contributed by atoms with Gasteiger partial charge in [0.05, 0.1) is 5.69 Å². The van der Waals surface area contributed by atoms with E-state index < -0.39 is 0 Å². The minimum atomic E-state index is 0.100. The van der Waals surface area contributed by atoms with Crippen molar-refractivity contribution in [1.82, 2.24) is 14.8 Å². The number of carbonyl (C=O) groups excluding carboxylic acids is 1. The van der Waals surface area contributed by atoms with Crippen molar-refractivity contribution in [2.75, 3.05) is 39.5 Å². The normalized spacial score (nSPS) is 15.7. The second-order valence-electron chi connectivity index (χ2n) is 5.73. The predicted molar refractivity (Wildman–Crippen MR) is 94.9 cm³/mol. The number of benzene rings is 1. The average Bonchev–Trinajstić information content (AvgIpc) is 2.62. The number of rotatable bonds is 3. The Morgan fingerprint density at radius 2 is 1.87 bits per heavy atom. The molecule has 0 aliphatic carbocycles. The highest BCUT2D eigenvalue weighted by Crippen LogP contribution is 2.29. The Morgan fingerprint density at radius 1 is 1.13 bits per heavy atom. The molecule has 1 fully saturated rings. The highest BCUT2D eigenvalue weighted by atomic mass is 32.2. The molecule has 1 saturated heterocycles. The molecule has 120 valence electrons. The van der Waals surface area contributed by atoms with Gasteiger partial charge in [-0.05, 0) is 31.5 Å². The van der Waals surface area contributed by atoms with Crippen molar-refractivity contribution in [1.29, 1.82) is 0 Å². The first-order chi connectivity index (χ1) is 11.2. The Balaban J connectivity index is 1.86. The van der Waals surface area contributed by atoms with Crippen molar-refractivity contribution in [3.8, 4) is 11.3 Å². The number of amides is 1. The summed E-state index contributed by atoms with van der Waals surface area (Å²) in [5, 5.41) is 0. The second-order valence-corrected chi connectivity index (χ2v) is 6.57. The third kappa shape index (κ3) is 3.57. The third-order valence-corrected chi connectivity index (χ3v) is 4.98. The first-order valence-corrected chi connectivity index (χ1v) is 8.99. The number of thioether (sulfide) groups is 1. The Labute approximate surface area is 141 Å². The molecule has 1 aliphatic rings. The second kappa shape index (κ2) is 7.15. The molecule has 2 aromatic rings. The van der Waals surface area contributed by atoms with Gasteiger partial charge in [-0.2, -0.15) is 0 Å². The van der Waals surface area contributed by atoms with Gasteiger partial charge in [0.25, 0.3) is 5.91 Å². The summed E-state index contributed by atoms with van der Waals surface area (Å²) in [6.07, 6.45) is 3.79. The SMILES string of the molecule is CSc1ccccc1-c1cc(C(=O)N2CCN(C)CC2)ccn1. The molecule has 23 heavy (non-hydrogen) atoms. The molecule has 1 aromatic carbocycles. The standard InChI is InChI=1S/C18H21N3OS/c1-20-9-11-21(12-10-20)18(22)14-7-8-19-16(13-14)15-5-3-4-6-17(15)23-2/h3-8,13H,9-12H2,1-2H3. The van der Waals surface area contributed by atoms with Crippen molar-refractivity contribution in [3.63, 3.8) is 0 Å². The van der Waals surface area contributed by atoms with Gasteiger partial charge in [0, 0.05) is 48.4 Å². The van der Waals surface area contributed by atoms with Crippen molar-refractivity contribution in [3.05, 3.63) is 48.2 Å². The van der Waals surface area contributed by atoms with E-state index in [1.165, 1.54) is 4.90 Å². The van der Waals surface area contributed by atoms with Crippen LogP contribution < -0.4 is 0 Å². The molecule has 3 rings (SSSR count). The summed E-state index contributed by atoms with van der Waals surface area (Å²) in [6.45, 7) is 3.43. The van der Waals surface area contributed by atoms with Gasteiger partial charge >= 0.3 is 0 Å². The van der Waals surface area contributed by atoms with E-state index in [-0.39, 0.29) is 5.91 Å². The number of nitrogens with zero attached hydrogens (tertiary/aromatic N) is 3. The van der Waals surface area contributed by atoms with E-state index in [4.69, 9.17) is 0 Å². The van der Waals surface area contributed by atoms with Gasteiger partial charge < -0.3 is 9.80 Å². The van der Waals surface area contributed by atoms with Crippen LogP contribution in [0.5, 0.6) is 0 Å². The number of carbonyl (C=O) groups is 1. The zero-order valence-electron chi connectivity index (χ0n) is 13.5. The number of pyridine rings is 1. The quantitative estimate of drug-likeness (QED) is 0.812. The summed E-state index contributed by atoms with van der Waals surface area (Å²) in [6, 6.07) is 11.9. The van der Waals surface area contributed by atoms with Crippen LogP contribution in [0.1, 0.15) is 10.4 Å². The van der Waals surface area contributed by atoms with Crippen LogP contribution in [-0.4, -0.2) is 60.2 Å². The summed E-state index contributed by atoms with van der Waals surface area (Å²) in [5.41, 5.74) is 2.65. The lowest BCUT2D eigenvalue weighted by Crippen LogP contribution is -2.47. The van der Waals surface area contributed by atoms with E-state index in [2.05, 4.69) is 35.3 Å². The predicted octanol–water partition coefficient (Wildman–Crippen LogP) is 2.86. The Hall–Kier alpha value is -1.85. The van der Waals surface area contributed by atoms with Gasteiger partial charge in [-0.25, -0.2) is 0 Å². The van der Waals surface area contributed by atoms with Gasteiger partial charge in [-0.15, -0.1) is 11.8 Å². The van der Waals surface area contributed by atoms with Crippen LogP contribution in [0.15, 0.2) is 47.5 Å². The lowest BCUT2D eigenvalue weighted by Gasteiger charge is -2.32. The van der Waals surface area contributed by atoms with E-state index in [0.29, 0.717) is 0 Å². The average molecular weight is 327 g/mol. The van der Waals surface area contributed by atoms with Crippen LogP contribution in [0.3, 0.4) is 0 Å². The van der Waals surface area contributed by atoms with Crippen molar-refractivity contribution in [2.45, 2.75) is 4.90 Å². The number of aromatic nitrogens is 1. The van der Waals surface area contributed by atoms with Gasteiger partial charge in [-0.1, -0.05) is 18.2 Å². The summed E-state index contributed by atoms with van der Waals surface area (Å²) in [5.74, 6) is 0.100. The number of hydrogen-bond acceptors (Lipinski definition) is 4. The summed E-state index contributed by atoms with van der Waals surface area (Å²) in [4.78, 5) is 22.5. The van der Waals surface area contributed by atoms with Crippen LogP contribution in [0.25, 0.3) is 11.3 Å². The van der Waals surface area contributed by atoms with E-state index in [1.54, 1.807) is 18.0 Å². The molecule has 1 aromatic heterocycles. The summed E-state index contributed by atoms with van der Waals surface area (Å²) < 4.78 is 0. The minimum Gasteiger partial charge on any atom is -0.336 e. The fourth-order valence-corrected chi connectivity index (χ4v) is 3.37. The first-order valence-electron chi connectivity index (χ1n) is 7.76. The van der Waals surface area contributed by atoms with E-state index in [0.717, 1.165) is 43.0 Å². The van der Waals surface area contributed by atoms with Crippen LogP contribution in [0.4, 0.5) is 0 Å². The molecule has 5 heteroatoms. The largest absolute Gasteiger partial charge is 0.336 e. The Bertz CT molecular complexity index is 696. The van der Waals surface area contributed by atoms with Gasteiger partial charge in [0.2, 0.25) is 0 Å². The maximum absolute atomic E-state index is 12.7. The van der Waals surface area contributed by atoms with E-state index >= 15 is 0 Å². The first kappa shape index (κ1) is 16.0. The number of likely N-dealkylation sites (N-methyl/N-ethyl adjacent to an activating group) is 1. The van der Waals surface area contributed by atoms with Crippen LogP contribution in [0, 0.1) is 0 Å². The molecule has 0 unspecified atom stereocenters. The molecule has 0 atom stereocenters. The van der Waals surface area contributed by atoms with Crippen molar-refractivity contribution < 1.29 is 4.79 Å². The lowest BCUT2D eigenvalue weighted by molar-refractivity contribution is 0.0664. The monoisotopic (exact) mass is 327 g/mol. The molecule has 4 nitrogen and oxygen atoms in total. The smallest absolute Gasteiger partial charge is 0.254 e. The maximum Gasteiger partial charge on any atom is 0.254 e. The molecule has 1 aliphatic heterocycles. The number of hydrogen-bond donors (Lipinski definition) is 0. The third-order valence-electron chi connectivity index (χ3n) is 4.18. The zero-order valence-corrected chi connectivity index (χ0v) is 14.3. The fraction of sp³-hybridized carbons (Fsp3) is 0.333. The lowest BCUT2D eigenvalue weighted by atomic mass is 10.1. The van der Waals surface area contributed by atoms with Gasteiger partial charge in [0.1, 0.15) is 0 Å². The Morgan fingerprint density at radius 3 is 2.61 bits per heavy atom. The summed E-state index contributed by atoms with van der Waals surface area (Å²) >= 11 is 1.69. The molecule has 0 spiro atoms. The van der Waals surface area contributed by atoms with Gasteiger partial charge in [-0.3, -0.25) is 9.78 Å². The summed E-state index contributed by atoms with van der Waals surface area (Å²) in [7, 11) is 2.09. The van der Waals surface area contributed by atoms with Crippen LogP contribution in [0.2, 0.25) is 0 Å². The molecular weight excluding hydrogens is 306 g/mol. The zero-order chi connectivity index (χ0) is 16.2. The van der Waals surface area contributed by atoms with E-state index in [9.17, 15) is 4.79 Å². The van der Waals surface area contributed by atoms with E-state index in [1.807, 2.05) is 29.2 Å². The fourth-order valence-electron chi connectivity index (χ4n) is 2.76. The molecule has 2 heterocycles. The van der Waals surface area contributed by atoms with Gasteiger partial charge in [0.15, 0.2) is 0 Å². The van der Waals surface area contributed by atoms with Crippen molar-refractivity contribution in [2.24, 2.45) is 0 Å². The van der Waals surface area contributed by atoms with Crippen LogP contribution >= 0.6 is 11.8 Å². The maximum atomic E-state index is 12.7. The molecule has 0 bridgehead atoms. The van der Waals surface area contributed by atoms with Crippen LogP contribution in [-0.2, 0) is 0 Å². The minimum absolute atomic E-state index is 0.100. The highest BCUT2D eigenvalue weighted by molar-refractivity contribution is 7.98. The molecule has 0 radical (unpaired) electrons. The molecule has 0 saturated carbocycles. The van der Waals surface area contributed by atoms with Crippen molar-refractivity contribution >= 4 is 17.7 Å². The highest BCUT2D eigenvalue weighted by Gasteiger charge is 2.21.